The number of carbonyl (C=O) groups excluding carboxylic acids is 1. The van der Waals surface area contributed by atoms with Crippen molar-refractivity contribution in [1.82, 2.24) is 14.7 Å². The molecule has 0 aliphatic rings. The van der Waals surface area contributed by atoms with Gasteiger partial charge in [-0.15, -0.1) is 0 Å². The lowest BCUT2D eigenvalue weighted by molar-refractivity contribution is 0.0702. The van der Waals surface area contributed by atoms with Gasteiger partial charge in [-0.25, -0.2) is 0 Å². The van der Waals surface area contributed by atoms with Crippen LogP contribution in [0.4, 0.5) is 0 Å². The molecule has 1 amide bonds. The number of nitrogens with zero attached hydrogens (tertiary/aromatic N) is 4. The van der Waals surface area contributed by atoms with Crippen molar-refractivity contribution in [3.05, 3.63) is 88.2 Å². The summed E-state index contributed by atoms with van der Waals surface area (Å²) in [6, 6.07) is 19.3. The third kappa shape index (κ3) is 4.55. The number of carbonyl (C=O) groups is 1. The topological polar surface area (TPSA) is 61.9 Å². The maximum absolute atomic E-state index is 13.2. The maximum Gasteiger partial charge on any atom is 0.254 e. The molecule has 2 aromatic carbocycles. The lowest BCUT2D eigenvalue weighted by Crippen LogP contribution is -2.33. The van der Waals surface area contributed by atoms with E-state index in [0.717, 1.165) is 22.5 Å². The molecule has 3 rings (SSSR count). The van der Waals surface area contributed by atoms with Crippen LogP contribution in [-0.2, 0) is 6.54 Å². The predicted octanol–water partition coefficient (Wildman–Crippen LogP) is 4.64. The minimum absolute atomic E-state index is 0.000391. The molecule has 1 heterocycles. The van der Waals surface area contributed by atoms with E-state index in [1.165, 1.54) is 0 Å². The van der Waals surface area contributed by atoms with Gasteiger partial charge < -0.3 is 4.90 Å². The van der Waals surface area contributed by atoms with Crippen LogP contribution in [0.3, 0.4) is 0 Å². The molecule has 0 N–H and O–H groups in total. The molecular weight excluding hydrogens is 360 g/mol. The number of nitriles is 1. The third-order valence-corrected chi connectivity index (χ3v) is 5.20. The SMILES string of the molecule is CCN(C(=O)c1cccc(Cn2nc(C)cc2C)c1)C(C)c1ccc(C#N)cc1. The number of aromatic nitrogens is 2. The monoisotopic (exact) mass is 386 g/mol. The van der Waals surface area contributed by atoms with Gasteiger partial charge in [0.05, 0.1) is 29.9 Å². The largest absolute Gasteiger partial charge is 0.332 e. The summed E-state index contributed by atoms with van der Waals surface area (Å²) < 4.78 is 1.95. The van der Waals surface area contributed by atoms with Gasteiger partial charge in [-0.3, -0.25) is 9.48 Å². The van der Waals surface area contributed by atoms with Crippen molar-refractivity contribution in [3.8, 4) is 6.07 Å². The zero-order valence-corrected chi connectivity index (χ0v) is 17.4. The summed E-state index contributed by atoms with van der Waals surface area (Å²) in [5.74, 6) is -0.000391. The van der Waals surface area contributed by atoms with Gasteiger partial charge >= 0.3 is 0 Å². The highest BCUT2D eigenvalue weighted by molar-refractivity contribution is 5.94. The van der Waals surface area contributed by atoms with Gasteiger partial charge in [0, 0.05) is 17.8 Å². The molecule has 3 aromatic rings. The maximum atomic E-state index is 13.2. The smallest absolute Gasteiger partial charge is 0.254 e. The predicted molar refractivity (Wildman–Crippen MR) is 114 cm³/mol. The number of benzene rings is 2. The van der Waals surface area contributed by atoms with E-state index < -0.39 is 0 Å². The van der Waals surface area contributed by atoms with Crippen molar-refractivity contribution >= 4 is 5.91 Å². The summed E-state index contributed by atoms with van der Waals surface area (Å²) in [5.41, 5.74) is 5.44. The second kappa shape index (κ2) is 8.74. The van der Waals surface area contributed by atoms with Crippen LogP contribution < -0.4 is 0 Å². The first kappa shape index (κ1) is 20.3. The molecule has 0 aliphatic heterocycles. The van der Waals surface area contributed by atoms with Crippen molar-refractivity contribution in [2.75, 3.05) is 6.54 Å². The van der Waals surface area contributed by atoms with Gasteiger partial charge in [0.1, 0.15) is 0 Å². The van der Waals surface area contributed by atoms with E-state index in [-0.39, 0.29) is 11.9 Å². The van der Waals surface area contributed by atoms with E-state index in [4.69, 9.17) is 5.26 Å². The Balaban J connectivity index is 1.81. The van der Waals surface area contributed by atoms with Crippen molar-refractivity contribution in [1.29, 1.82) is 5.26 Å². The number of rotatable bonds is 6. The Bertz CT molecular complexity index is 1040. The van der Waals surface area contributed by atoms with E-state index in [0.29, 0.717) is 24.2 Å². The Morgan fingerprint density at radius 2 is 1.90 bits per heavy atom. The zero-order chi connectivity index (χ0) is 21.0. The molecule has 0 aliphatic carbocycles. The highest BCUT2D eigenvalue weighted by Crippen LogP contribution is 2.23. The summed E-state index contributed by atoms with van der Waals surface area (Å²) in [7, 11) is 0. The number of amides is 1. The molecule has 0 bridgehead atoms. The summed E-state index contributed by atoms with van der Waals surface area (Å²) >= 11 is 0. The normalized spacial score (nSPS) is 11.7. The highest BCUT2D eigenvalue weighted by Gasteiger charge is 2.21. The molecular formula is C24H26N4O. The molecule has 1 unspecified atom stereocenters. The molecule has 0 radical (unpaired) electrons. The fraction of sp³-hybridized carbons (Fsp3) is 0.292. The summed E-state index contributed by atoms with van der Waals surface area (Å²) in [6.45, 7) is 9.25. The lowest BCUT2D eigenvalue weighted by atomic mass is 10.0. The minimum Gasteiger partial charge on any atom is -0.332 e. The van der Waals surface area contributed by atoms with Gasteiger partial charge in [0.25, 0.3) is 5.91 Å². The van der Waals surface area contributed by atoms with Crippen molar-refractivity contribution in [2.45, 2.75) is 40.3 Å². The number of hydrogen-bond donors (Lipinski definition) is 0. The van der Waals surface area contributed by atoms with Crippen LogP contribution in [0.2, 0.25) is 0 Å². The van der Waals surface area contributed by atoms with Crippen molar-refractivity contribution in [3.63, 3.8) is 0 Å². The molecule has 0 saturated heterocycles. The lowest BCUT2D eigenvalue weighted by Gasteiger charge is -2.28. The zero-order valence-electron chi connectivity index (χ0n) is 17.4. The van der Waals surface area contributed by atoms with Crippen LogP contribution in [0.5, 0.6) is 0 Å². The fourth-order valence-corrected chi connectivity index (χ4v) is 3.59. The Labute approximate surface area is 172 Å². The van der Waals surface area contributed by atoms with Gasteiger partial charge in [-0.05, 0) is 69.2 Å². The van der Waals surface area contributed by atoms with Crippen LogP contribution in [0.25, 0.3) is 0 Å². The van der Waals surface area contributed by atoms with Crippen LogP contribution in [-0.4, -0.2) is 27.1 Å². The Hall–Kier alpha value is -3.39. The quantitative estimate of drug-likeness (QED) is 0.620. The van der Waals surface area contributed by atoms with Gasteiger partial charge in [0.15, 0.2) is 0 Å². The Morgan fingerprint density at radius 3 is 2.48 bits per heavy atom. The molecule has 148 valence electrons. The molecule has 0 spiro atoms. The first-order valence-electron chi connectivity index (χ1n) is 9.84. The minimum atomic E-state index is -0.0834. The summed E-state index contributed by atoms with van der Waals surface area (Å²) in [4.78, 5) is 15.1. The van der Waals surface area contributed by atoms with E-state index in [1.807, 2.05) is 79.7 Å². The third-order valence-electron chi connectivity index (χ3n) is 5.20. The molecule has 0 fully saturated rings. The van der Waals surface area contributed by atoms with Gasteiger partial charge in [-0.1, -0.05) is 24.3 Å². The molecule has 5 nitrogen and oxygen atoms in total. The summed E-state index contributed by atoms with van der Waals surface area (Å²) in [6.07, 6.45) is 0. The van der Waals surface area contributed by atoms with Gasteiger partial charge in [0.2, 0.25) is 0 Å². The molecule has 0 saturated carbocycles. The van der Waals surface area contributed by atoms with E-state index in [9.17, 15) is 4.79 Å². The van der Waals surface area contributed by atoms with Gasteiger partial charge in [-0.2, -0.15) is 10.4 Å². The van der Waals surface area contributed by atoms with E-state index in [1.54, 1.807) is 12.1 Å². The average molecular weight is 386 g/mol. The summed E-state index contributed by atoms with van der Waals surface area (Å²) in [5, 5.41) is 13.5. The Kier molecular flexibility index (Phi) is 6.13. The van der Waals surface area contributed by atoms with Crippen LogP contribution in [0.15, 0.2) is 54.6 Å². The average Bonchev–Trinajstić information content (AvgIpc) is 3.05. The highest BCUT2D eigenvalue weighted by atomic mass is 16.2. The number of aryl methyl sites for hydroxylation is 2. The second-order valence-corrected chi connectivity index (χ2v) is 7.29. The van der Waals surface area contributed by atoms with Crippen LogP contribution in [0, 0.1) is 25.2 Å². The second-order valence-electron chi connectivity index (χ2n) is 7.29. The standard InChI is InChI=1S/C24H26N4O/c1-5-27(19(4)22-11-9-20(15-25)10-12-22)24(29)23-8-6-7-21(14-23)16-28-18(3)13-17(2)26-28/h6-14,19H,5,16H2,1-4H3. The number of hydrogen-bond acceptors (Lipinski definition) is 3. The van der Waals surface area contributed by atoms with Crippen molar-refractivity contribution in [2.24, 2.45) is 0 Å². The fourth-order valence-electron chi connectivity index (χ4n) is 3.59. The first-order valence-corrected chi connectivity index (χ1v) is 9.84. The van der Waals surface area contributed by atoms with Crippen molar-refractivity contribution < 1.29 is 4.79 Å². The van der Waals surface area contributed by atoms with E-state index >= 15 is 0 Å². The molecule has 1 aromatic heterocycles. The van der Waals surface area contributed by atoms with Crippen LogP contribution >= 0.6 is 0 Å². The first-order chi connectivity index (χ1) is 13.9. The molecule has 5 heteroatoms. The molecule has 1 atom stereocenters. The Morgan fingerprint density at radius 1 is 1.17 bits per heavy atom. The molecule has 29 heavy (non-hydrogen) atoms. The van der Waals surface area contributed by atoms with E-state index in [2.05, 4.69) is 11.2 Å². The van der Waals surface area contributed by atoms with Crippen LogP contribution in [0.1, 0.15) is 58.3 Å².